The molecule has 1 amide bonds. The standard InChI is InChI=1S/C15H19N3O/c1-16-8-9-18(2)15(19)14-11-17-10-13(14)12-6-4-3-5-7-12/h3-7,10-11,16-17H,8-9H2,1-2H3. The van der Waals surface area contributed by atoms with Crippen molar-refractivity contribution in [1.29, 1.82) is 0 Å². The van der Waals surface area contributed by atoms with Gasteiger partial charge in [-0.25, -0.2) is 0 Å². The first kappa shape index (κ1) is 13.4. The molecule has 2 rings (SSSR count). The monoisotopic (exact) mass is 257 g/mol. The van der Waals surface area contributed by atoms with Gasteiger partial charge < -0.3 is 15.2 Å². The third-order valence-corrected chi connectivity index (χ3v) is 3.10. The molecule has 2 aromatic rings. The Hall–Kier alpha value is -2.07. The van der Waals surface area contributed by atoms with Gasteiger partial charge in [0.05, 0.1) is 5.56 Å². The number of hydrogen-bond acceptors (Lipinski definition) is 2. The Bertz CT molecular complexity index is 533. The van der Waals surface area contributed by atoms with E-state index in [-0.39, 0.29) is 5.91 Å². The normalized spacial score (nSPS) is 10.4. The molecular formula is C15H19N3O. The SMILES string of the molecule is CNCCN(C)C(=O)c1c[nH]cc1-c1ccccc1. The minimum Gasteiger partial charge on any atom is -0.366 e. The fourth-order valence-electron chi connectivity index (χ4n) is 1.98. The molecule has 0 spiro atoms. The molecule has 0 bridgehead atoms. The van der Waals surface area contributed by atoms with E-state index in [2.05, 4.69) is 10.3 Å². The average Bonchev–Trinajstić information content (AvgIpc) is 2.94. The topological polar surface area (TPSA) is 48.1 Å². The van der Waals surface area contributed by atoms with Crippen LogP contribution in [0.5, 0.6) is 0 Å². The van der Waals surface area contributed by atoms with E-state index in [1.165, 1.54) is 0 Å². The van der Waals surface area contributed by atoms with Gasteiger partial charge in [-0.2, -0.15) is 0 Å². The Kier molecular flexibility index (Phi) is 4.36. The van der Waals surface area contributed by atoms with Gasteiger partial charge in [0.25, 0.3) is 5.91 Å². The lowest BCUT2D eigenvalue weighted by atomic mass is 10.0. The lowest BCUT2D eigenvalue weighted by Crippen LogP contribution is -2.32. The molecule has 0 aliphatic carbocycles. The fourth-order valence-corrected chi connectivity index (χ4v) is 1.98. The van der Waals surface area contributed by atoms with Crippen molar-refractivity contribution in [3.05, 3.63) is 48.3 Å². The molecule has 0 unspecified atom stereocenters. The summed E-state index contributed by atoms with van der Waals surface area (Å²) in [6.07, 6.45) is 3.63. The number of likely N-dealkylation sites (N-methyl/N-ethyl adjacent to an activating group) is 2. The highest BCUT2D eigenvalue weighted by Crippen LogP contribution is 2.23. The summed E-state index contributed by atoms with van der Waals surface area (Å²) in [4.78, 5) is 17.1. The number of benzene rings is 1. The van der Waals surface area contributed by atoms with Gasteiger partial charge >= 0.3 is 0 Å². The van der Waals surface area contributed by atoms with Crippen LogP contribution in [0.25, 0.3) is 11.1 Å². The van der Waals surface area contributed by atoms with E-state index >= 15 is 0 Å². The van der Waals surface area contributed by atoms with Gasteiger partial charge in [-0.15, -0.1) is 0 Å². The maximum absolute atomic E-state index is 12.4. The minimum absolute atomic E-state index is 0.0374. The van der Waals surface area contributed by atoms with E-state index in [0.717, 1.165) is 17.7 Å². The zero-order chi connectivity index (χ0) is 13.7. The van der Waals surface area contributed by atoms with E-state index in [0.29, 0.717) is 12.1 Å². The molecule has 1 heterocycles. The smallest absolute Gasteiger partial charge is 0.255 e. The van der Waals surface area contributed by atoms with Gasteiger partial charge in [0.2, 0.25) is 0 Å². The number of amides is 1. The molecule has 4 nitrogen and oxygen atoms in total. The van der Waals surface area contributed by atoms with Crippen molar-refractivity contribution < 1.29 is 4.79 Å². The molecule has 1 aromatic heterocycles. The summed E-state index contributed by atoms with van der Waals surface area (Å²) >= 11 is 0. The Morgan fingerprint density at radius 3 is 2.68 bits per heavy atom. The summed E-state index contributed by atoms with van der Waals surface area (Å²) in [5, 5.41) is 3.04. The van der Waals surface area contributed by atoms with E-state index in [9.17, 15) is 4.79 Å². The second kappa shape index (κ2) is 6.20. The Morgan fingerprint density at radius 1 is 1.26 bits per heavy atom. The van der Waals surface area contributed by atoms with Crippen LogP contribution in [0.1, 0.15) is 10.4 Å². The second-order valence-corrected chi connectivity index (χ2v) is 4.48. The number of nitrogens with zero attached hydrogens (tertiary/aromatic N) is 1. The molecule has 0 atom stereocenters. The summed E-state index contributed by atoms with van der Waals surface area (Å²) in [6, 6.07) is 9.93. The Labute approximate surface area is 113 Å². The van der Waals surface area contributed by atoms with Crippen molar-refractivity contribution in [2.24, 2.45) is 0 Å². The van der Waals surface area contributed by atoms with Crippen molar-refractivity contribution in [3.8, 4) is 11.1 Å². The molecule has 2 N–H and O–H groups in total. The number of carbonyl (C=O) groups is 1. The van der Waals surface area contributed by atoms with Crippen LogP contribution >= 0.6 is 0 Å². The van der Waals surface area contributed by atoms with Crippen molar-refractivity contribution in [2.75, 3.05) is 27.2 Å². The first-order valence-corrected chi connectivity index (χ1v) is 6.36. The maximum Gasteiger partial charge on any atom is 0.255 e. The van der Waals surface area contributed by atoms with Crippen LogP contribution in [0.3, 0.4) is 0 Å². The minimum atomic E-state index is 0.0374. The molecule has 0 fully saturated rings. The molecule has 100 valence electrons. The predicted octanol–water partition coefficient (Wildman–Crippen LogP) is 1.97. The first-order chi connectivity index (χ1) is 9.24. The van der Waals surface area contributed by atoms with E-state index < -0.39 is 0 Å². The maximum atomic E-state index is 12.4. The Balaban J connectivity index is 2.22. The molecule has 0 saturated carbocycles. The number of aromatic nitrogens is 1. The zero-order valence-electron chi connectivity index (χ0n) is 11.3. The van der Waals surface area contributed by atoms with Crippen LogP contribution in [0.2, 0.25) is 0 Å². The number of rotatable bonds is 5. The highest BCUT2D eigenvalue weighted by molar-refractivity contribution is 6.00. The number of nitrogens with one attached hydrogen (secondary N) is 2. The molecule has 0 aliphatic rings. The molecule has 0 aliphatic heterocycles. The number of carbonyl (C=O) groups excluding carboxylic acids is 1. The molecule has 1 aromatic carbocycles. The highest BCUT2D eigenvalue weighted by atomic mass is 16.2. The second-order valence-electron chi connectivity index (χ2n) is 4.48. The van der Waals surface area contributed by atoms with Crippen molar-refractivity contribution in [1.82, 2.24) is 15.2 Å². The highest BCUT2D eigenvalue weighted by Gasteiger charge is 2.17. The average molecular weight is 257 g/mol. The van der Waals surface area contributed by atoms with Crippen LogP contribution in [-0.4, -0.2) is 43.0 Å². The van der Waals surface area contributed by atoms with Gasteiger partial charge in [-0.1, -0.05) is 30.3 Å². The van der Waals surface area contributed by atoms with E-state index in [1.54, 1.807) is 11.1 Å². The molecule has 0 saturated heterocycles. The van der Waals surface area contributed by atoms with Crippen molar-refractivity contribution in [3.63, 3.8) is 0 Å². The lowest BCUT2D eigenvalue weighted by molar-refractivity contribution is 0.0798. The molecule has 0 radical (unpaired) electrons. The van der Waals surface area contributed by atoms with Gasteiger partial charge in [0, 0.05) is 38.1 Å². The van der Waals surface area contributed by atoms with Crippen molar-refractivity contribution in [2.45, 2.75) is 0 Å². The van der Waals surface area contributed by atoms with Crippen LogP contribution in [0.4, 0.5) is 0 Å². The summed E-state index contributed by atoms with van der Waals surface area (Å²) < 4.78 is 0. The van der Waals surface area contributed by atoms with Crippen LogP contribution in [-0.2, 0) is 0 Å². The van der Waals surface area contributed by atoms with Gasteiger partial charge in [-0.05, 0) is 12.6 Å². The third kappa shape index (κ3) is 3.03. The summed E-state index contributed by atoms with van der Waals surface area (Å²) in [5.74, 6) is 0.0374. The summed E-state index contributed by atoms with van der Waals surface area (Å²) in [6.45, 7) is 1.47. The largest absolute Gasteiger partial charge is 0.366 e. The quantitative estimate of drug-likeness (QED) is 0.860. The van der Waals surface area contributed by atoms with Gasteiger partial charge in [0.15, 0.2) is 0 Å². The number of hydrogen-bond donors (Lipinski definition) is 2. The van der Waals surface area contributed by atoms with Crippen LogP contribution in [0.15, 0.2) is 42.7 Å². The van der Waals surface area contributed by atoms with Crippen LogP contribution in [0, 0.1) is 0 Å². The third-order valence-electron chi connectivity index (χ3n) is 3.10. The lowest BCUT2D eigenvalue weighted by Gasteiger charge is -2.17. The summed E-state index contributed by atoms with van der Waals surface area (Å²) in [5.41, 5.74) is 2.71. The predicted molar refractivity (Wildman–Crippen MR) is 77.1 cm³/mol. The van der Waals surface area contributed by atoms with Gasteiger partial charge in [-0.3, -0.25) is 4.79 Å². The fraction of sp³-hybridized carbons (Fsp3) is 0.267. The first-order valence-electron chi connectivity index (χ1n) is 6.36. The van der Waals surface area contributed by atoms with Crippen molar-refractivity contribution >= 4 is 5.91 Å². The number of aromatic amines is 1. The van der Waals surface area contributed by atoms with E-state index in [1.807, 2.05) is 50.6 Å². The van der Waals surface area contributed by atoms with E-state index in [4.69, 9.17) is 0 Å². The molecule has 19 heavy (non-hydrogen) atoms. The molecule has 4 heteroatoms. The Morgan fingerprint density at radius 2 is 2.00 bits per heavy atom. The zero-order valence-corrected chi connectivity index (χ0v) is 11.3. The molecular weight excluding hydrogens is 238 g/mol. The van der Waals surface area contributed by atoms with Gasteiger partial charge in [0.1, 0.15) is 0 Å². The van der Waals surface area contributed by atoms with Crippen LogP contribution < -0.4 is 5.32 Å². The summed E-state index contributed by atoms with van der Waals surface area (Å²) in [7, 11) is 3.70. The number of H-pyrrole nitrogens is 1.